The van der Waals surface area contributed by atoms with E-state index in [9.17, 15) is 29.1 Å². The van der Waals surface area contributed by atoms with Crippen LogP contribution in [0.3, 0.4) is 0 Å². The fraction of sp³-hybridized carbons (Fsp3) is 0.629. The molecule has 2 saturated heterocycles. The van der Waals surface area contributed by atoms with Crippen molar-refractivity contribution in [2.45, 2.75) is 101 Å². The number of aliphatic carboxylic acids is 1. The number of nitrogens with zero attached hydrogens (tertiary/aromatic N) is 1. The van der Waals surface area contributed by atoms with E-state index in [1.165, 1.54) is 18.0 Å². The number of carbonyl (C=O) groups is 5. The van der Waals surface area contributed by atoms with Gasteiger partial charge in [-0.2, -0.15) is 0 Å². The molecule has 53 heavy (non-hydrogen) atoms. The molecule has 4 amide bonds. The van der Waals surface area contributed by atoms with E-state index in [1.54, 1.807) is 19.2 Å². The Bertz CT molecular complexity index is 1520. The quantitative estimate of drug-likeness (QED) is 0.0313. The second kappa shape index (κ2) is 18.3. The van der Waals surface area contributed by atoms with E-state index in [-0.39, 0.29) is 30.9 Å². The third kappa shape index (κ3) is 11.6. The van der Waals surface area contributed by atoms with Gasteiger partial charge >= 0.3 is 12.1 Å². The molecule has 1 aliphatic carbocycles. The molecule has 2 aliphatic heterocycles. The van der Waals surface area contributed by atoms with E-state index in [0.29, 0.717) is 31.4 Å². The largest absolute Gasteiger partial charge is 0.481 e. The van der Waals surface area contributed by atoms with Crippen LogP contribution in [0.4, 0.5) is 4.79 Å². The number of methoxy groups -OCH3 is 1. The highest BCUT2D eigenvalue weighted by Gasteiger charge is 2.72. The Morgan fingerprint density at radius 3 is 2.49 bits per heavy atom. The lowest BCUT2D eigenvalue weighted by molar-refractivity contribution is -0.138. The van der Waals surface area contributed by atoms with Gasteiger partial charge < -0.3 is 56.4 Å². The highest BCUT2D eigenvalue weighted by atomic mass is 16.6. The normalized spacial score (nSPS) is 26.6. The van der Waals surface area contributed by atoms with E-state index >= 15 is 0 Å². The monoisotopic (exact) mass is 744 g/mol. The zero-order chi connectivity index (χ0) is 38.8. The van der Waals surface area contributed by atoms with Gasteiger partial charge in [0.2, 0.25) is 17.7 Å². The summed E-state index contributed by atoms with van der Waals surface area (Å²) in [4.78, 5) is 67.1. The minimum Gasteiger partial charge on any atom is -0.481 e. The second-order valence-electron chi connectivity index (χ2n) is 14.0. The molecule has 18 heteroatoms. The van der Waals surface area contributed by atoms with Gasteiger partial charge in [0.05, 0.1) is 37.6 Å². The maximum atomic E-state index is 13.1. The van der Waals surface area contributed by atoms with E-state index in [4.69, 9.17) is 30.1 Å². The van der Waals surface area contributed by atoms with Crippen molar-refractivity contribution in [2.24, 2.45) is 11.7 Å². The number of pyridine rings is 1. The smallest absolute Gasteiger partial charge is 0.407 e. The summed E-state index contributed by atoms with van der Waals surface area (Å²) >= 11 is 0. The van der Waals surface area contributed by atoms with Crippen molar-refractivity contribution in [3.8, 4) is 0 Å². The first-order valence-electron chi connectivity index (χ1n) is 17.7. The number of amides is 4. The van der Waals surface area contributed by atoms with Gasteiger partial charge in [0, 0.05) is 26.0 Å². The van der Waals surface area contributed by atoms with Gasteiger partial charge in [0.15, 0.2) is 5.96 Å². The Balaban J connectivity index is 1.30. The molecule has 2 unspecified atom stereocenters. The third-order valence-corrected chi connectivity index (χ3v) is 9.75. The molecule has 1 aromatic rings. The van der Waals surface area contributed by atoms with Crippen LogP contribution < -0.4 is 32.3 Å². The fourth-order valence-electron chi connectivity index (χ4n) is 6.99. The van der Waals surface area contributed by atoms with Gasteiger partial charge in [-0.25, -0.2) is 4.79 Å². The predicted molar refractivity (Wildman–Crippen MR) is 189 cm³/mol. The predicted octanol–water partition coefficient (Wildman–Crippen LogP) is 0.380. The molecule has 3 fully saturated rings. The van der Waals surface area contributed by atoms with Crippen LogP contribution in [-0.4, -0.2) is 115 Å². The lowest BCUT2D eigenvalue weighted by atomic mass is 9.68. The average Bonchev–Trinajstić information content (AvgIpc) is 4.03. The van der Waals surface area contributed by atoms with E-state index < -0.39 is 84.8 Å². The number of carboxylic acids is 1. The van der Waals surface area contributed by atoms with Crippen molar-refractivity contribution < 1.29 is 48.0 Å². The number of hydrogen-bond donors (Lipinski definition) is 8. The second-order valence-corrected chi connectivity index (χ2v) is 14.0. The molecule has 0 bridgehead atoms. The molecule has 18 nitrogen and oxygen atoms in total. The average molecular weight is 745 g/mol. The Labute approximate surface area is 308 Å². The number of rotatable bonds is 19. The molecular formula is C35H52N8O10. The molecule has 0 radical (unpaired) electrons. The van der Waals surface area contributed by atoms with Gasteiger partial charge in [-0.1, -0.05) is 17.7 Å². The molecule has 3 aliphatic rings. The van der Waals surface area contributed by atoms with Crippen LogP contribution in [0.1, 0.15) is 70.9 Å². The Kier molecular flexibility index (Phi) is 14.1. The van der Waals surface area contributed by atoms with Crippen LogP contribution in [0.15, 0.2) is 36.2 Å². The van der Waals surface area contributed by atoms with E-state index in [1.807, 2.05) is 20.8 Å². The number of nitrogens with one attached hydrogen (secondary N) is 6. The van der Waals surface area contributed by atoms with Gasteiger partial charge in [-0.05, 0) is 64.5 Å². The molecular weight excluding hydrogens is 692 g/mol. The molecule has 8 atom stereocenters. The lowest BCUT2D eigenvalue weighted by Gasteiger charge is -2.42. The van der Waals surface area contributed by atoms with Crippen molar-refractivity contribution in [1.29, 1.82) is 5.41 Å². The van der Waals surface area contributed by atoms with Crippen LogP contribution >= 0.6 is 0 Å². The Morgan fingerprint density at radius 2 is 1.87 bits per heavy atom. The number of guanidine groups is 1. The summed E-state index contributed by atoms with van der Waals surface area (Å²) in [5.74, 6) is -3.63. The standard InChI is InChI=1S/C35H52N8O10/c1-20(2)9-10-25-34(3,53-25)30-29(50-4)24(11-12-35(30)19-51-35)52-33(49)41-18-27(45)42-22(8-6-14-39-32(36)37)31(48)40-17-26(44)43-23(15-28(46)47)21-7-5-13-38-16-21/h5,7,9,13,16,22-25,29-30H,6,8,10-12,14-15,17-19H2,1-4H3,(H,40,48)(H,41,49)(H,42,45)(H,43,44)(H,46,47)(H4,36,37,39)/t22-,23?,24+,25+,29?,30+,34-,35-/m0/s1. The molecule has 1 spiro atoms. The lowest BCUT2D eigenvalue weighted by Crippen LogP contribution is -2.56. The number of nitrogens with two attached hydrogens (primary N) is 1. The first kappa shape index (κ1) is 41.0. The zero-order valence-electron chi connectivity index (χ0n) is 30.6. The van der Waals surface area contributed by atoms with Crippen LogP contribution in [0.25, 0.3) is 0 Å². The number of epoxide rings is 2. The summed E-state index contributed by atoms with van der Waals surface area (Å²) in [6.45, 7) is 5.89. The highest BCUT2D eigenvalue weighted by Crippen LogP contribution is 2.59. The SMILES string of the molecule is COC1[C@H](OC(=O)NCC(=O)N[C@@H](CCCNC(=N)N)C(=O)NCC(=O)NC(CC(=O)O)c2cccnc2)CC[C@]2(CO2)[C@H]1[C@@]1(C)O[C@@H]1CC=C(C)C. The van der Waals surface area contributed by atoms with Crippen molar-refractivity contribution in [3.05, 3.63) is 41.7 Å². The van der Waals surface area contributed by atoms with Gasteiger partial charge in [0.1, 0.15) is 36.0 Å². The first-order valence-corrected chi connectivity index (χ1v) is 17.7. The van der Waals surface area contributed by atoms with Crippen molar-refractivity contribution in [1.82, 2.24) is 31.6 Å². The summed E-state index contributed by atoms with van der Waals surface area (Å²) in [6.07, 6.45) is 4.98. The van der Waals surface area contributed by atoms with Crippen LogP contribution in [0, 0.1) is 11.3 Å². The van der Waals surface area contributed by atoms with Gasteiger partial charge in [0.25, 0.3) is 0 Å². The number of hydrogen-bond acceptors (Lipinski definition) is 11. The molecule has 0 aromatic carbocycles. The molecule has 1 saturated carbocycles. The maximum Gasteiger partial charge on any atom is 0.407 e. The fourth-order valence-corrected chi connectivity index (χ4v) is 6.99. The summed E-state index contributed by atoms with van der Waals surface area (Å²) in [7, 11) is 1.56. The zero-order valence-corrected chi connectivity index (χ0v) is 30.6. The minimum atomic E-state index is -1.14. The Hall–Kier alpha value is -4.81. The van der Waals surface area contributed by atoms with Crippen LogP contribution in [0.2, 0.25) is 0 Å². The Morgan fingerprint density at radius 1 is 1.15 bits per heavy atom. The van der Waals surface area contributed by atoms with E-state index in [2.05, 4.69) is 37.6 Å². The topological polar surface area (TPSA) is 272 Å². The number of carboxylic acid groups (broad SMARTS) is 1. The number of ether oxygens (including phenoxy) is 4. The molecule has 9 N–H and O–H groups in total. The first-order chi connectivity index (χ1) is 25.2. The number of allylic oxidation sites excluding steroid dienone is 1. The van der Waals surface area contributed by atoms with Gasteiger partial charge in [-0.3, -0.25) is 29.6 Å². The van der Waals surface area contributed by atoms with Crippen molar-refractivity contribution in [3.63, 3.8) is 0 Å². The summed E-state index contributed by atoms with van der Waals surface area (Å²) < 4.78 is 23.8. The highest BCUT2D eigenvalue weighted by molar-refractivity contribution is 5.91. The summed E-state index contributed by atoms with van der Waals surface area (Å²) in [5.41, 5.74) is 6.08. The van der Waals surface area contributed by atoms with Crippen LogP contribution in [0.5, 0.6) is 0 Å². The summed E-state index contributed by atoms with van der Waals surface area (Å²) in [5, 5.41) is 29.3. The number of aromatic nitrogens is 1. The van der Waals surface area contributed by atoms with E-state index in [0.717, 1.165) is 6.42 Å². The molecule has 3 heterocycles. The van der Waals surface area contributed by atoms with Gasteiger partial charge in [-0.15, -0.1) is 0 Å². The number of alkyl carbamates (subject to hydrolysis) is 1. The molecule has 1 aromatic heterocycles. The molecule has 4 rings (SSSR count). The van der Waals surface area contributed by atoms with Crippen molar-refractivity contribution in [2.75, 3.05) is 33.4 Å². The molecule has 292 valence electrons. The number of carbonyl (C=O) groups excluding carboxylic acids is 4. The third-order valence-electron chi connectivity index (χ3n) is 9.75. The maximum absolute atomic E-state index is 13.1. The summed E-state index contributed by atoms with van der Waals surface area (Å²) in [6, 6.07) is 1.21. The van der Waals surface area contributed by atoms with Crippen molar-refractivity contribution >= 4 is 35.7 Å². The van der Waals surface area contributed by atoms with Crippen LogP contribution in [-0.2, 0) is 38.1 Å². The minimum absolute atomic E-state index is 0.0177.